The summed E-state index contributed by atoms with van der Waals surface area (Å²) < 4.78 is 5.31. The fraction of sp³-hybridized carbons (Fsp3) is 0.267. The first-order valence-electron chi connectivity index (χ1n) is 6.39. The maximum absolute atomic E-state index is 11.9. The van der Waals surface area contributed by atoms with Gasteiger partial charge < -0.3 is 10.1 Å². The number of cyclic esters (lactones) is 1. The average Bonchev–Trinajstić information content (AvgIpc) is 2.79. The second kappa shape index (κ2) is 4.90. The smallest absolute Gasteiger partial charge is 0.414 e. The molecule has 1 heterocycles. The molecule has 4 nitrogen and oxygen atoms in total. The summed E-state index contributed by atoms with van der Waals surface area (Å²) in [5, 5.41) is 5.33. The van der Waals surface area contributed by atoms with Crippen molar-refractivity contribution in [3.63, 3.8) is 0 Å². The van der Waals surface area contributed by atoms with Crippen LogP contribution in [0.1, 0.15) is 0 Å². The van der Waals surface area contributed by atoms with Crippen molar-refractivity contribution >= 4 is 22.6 Å². The summed E-state index contributed by atoms with van der Waals surface area (Å²) in [6.07, 6.45) is -0.348. The van der Waals surface area contributed by atoms with Crippen molar-refractivity contribution in [2.75, 3.05) is 25.0 Å². The summed E-state index contributed by atoms with van der Waals surface area (Å²) in [5.74, 6) is 0. The number of anilines is 1. The van der Waals surface area contributed by atoms with Gasteiger partial charge in [-0.15, -0.1) is 0 Å². The van der Waals surface area contributed by atoms with Gasteiger partial charge in [0.2, 0.25) is 0 Å². The number of carbonyl (C=O) groups is 1. The summed E-state index contributed by atoms with van der Waals surface area (Å²) in [5.41, 5.74) is 0.891. The van der Waals surface area contributed by atoms with Gasteiger partial charge in [-0.25, -0.2) is 4.79 Å². The number of carbonyl (C=O) groups excluding carboxylic acids is 1. The minimum Gasteiger partial charge on any atom is -0.443 e. The lowest BCUT2D eigenvalue weighted by molar-refractivity contribution is 0.141. The highest BCUT2D eigenvalue weighted by atomic mass is 16.6. The first-order valence-corrected chi connectivity index (χ1v) is 6.39. The zero-order valence-electron chi connectivity index (χ0n) is 10.8. The van der Waals surface area contributed by atoms with Crippen LogP contribution in [0.15, 0.2) is 42.5 Å². The largest absolute Gasteiger partial charge is 0.443 e. The molecule has 0 radical (unpaired) electrons. The van der Waals surface area contributed by atoms with Gasteiger partial charge in [0.1, 0.15) is 6.10 Å². The molecule has 2 aromatic carbocycles. The highest BCUT2D eigenvalue weighted by molar-refractivity contribution is 5.94. The molecule has 0 aliphatic carbocycles. The zero-order valence-corrected chi connectivity index (χ0v) is 10.8. The Balaban J connectivity index is 1.90. The molecule has 1 atom stereocenters. The maximum atomic E-state index is 11.9. The molecule has 1 amide bonds. The molecule has 0 bridgehead atoms. The van der Waals surface area contributed by atoms with Crippen LogP contribution in [0.25, 0.3) is 10.8 Å². The van der Waals surface area contributed by atoms with Crippen molar-refractivity contribution in [1.29, 1.82) is 0 Å². The van der Waals surface area contributed by atoms with Crippen LogP contribution in [0.4, 0.5) is 10.5 Å². The Hall–Kier alpha value is -2.07. The minimum absolute atomic E-state index is 0.0797. The topological polar surface area (TPSA) is 41.6 Å². The summed E-state index contributed by atoms with van der Waals surface area (Å²) in [6, 6.07) is 14.1. The van der Waals surface area contributed by atoms with Crippen LogP contribution in [0, 0.1) is 0 Å². The summed E-state index contributed by atoms with van der Waals surface area (Å²) in [7, 11) is 1.85. The Bertz CT molecular complexity index is 612. The number of amides is 1. The maximum Gasteiger partial charge on any atom is 0.414 e. The molecule has 98 valence electrons. The molecule has 1 saturated heterocycles. The number of ether oxygens (including phenoxy) is 1. The molecule has 0 spiro atoms. The highest BCUT2D eigenvalue weighted by Gasteiger charge is 2.31. The number of fused-ring (bicyclic) bond motifs is 1. The normalized spacial score (nSPS) is 18.9. The van der Waals surface area contributed by atoms with Crippen LogP contribution >= 0.6 is 0 Å². The molecule has 1 aliphatic rings. The van der Waals surface area contributed by atoms with Crippen LogP contribution in [-0.4, -0.2) is 32.3 Å². The van der Waals surface area contributed by atoms with Crippen LogP contribution in [0.5, 0.6) is 0 Å². The second-order valence-corrected chi connectivity index (χ2v) is 4.71. The Labute approximate surface area is 112 Å². The fourth-order valence-electron chi connectivity index (χ4n) is 2.41. The van der Waals surface area contributed by atoms with E-state index in [0.717, 1.165) is 11.1 Å². The number of benzene rings is 2. The Morgan fingerprint density at radius 2 is 2.05 bits per heavy atom. The van der Waals surface area contributed by atoms with E-state index < -0.39 is 0 Å². The molecule has 2 aromatic rings. The monoisotopic (exact) mass is 256 g/mol. The molecule has 1 fully saturated rings. The van der Waals surface area contributed by atoms with Crippen molar-refractivity contribution in [3.05, 3.63) is 42.5 Å². The highest BCUT2D eigenvalue weighted by Crippen LogP contribution is 2.25. The molecule has 0 saturated carbocycles. The van der Waals surface area contributed by atoms with Gasteiger partial charge in [-0.1, -0.05) is 30.3 Å². The van der Waals surface area contributed by atoms with Gasteiger partial charge in [-0.05, 0) is 30.0 Å². The Morgan fingerprint density at radius 1 is 1.26 bits per heavy atom. The van der Waals surface area contributed by atoms with Crippen LogP contribution in [-0.2, 0) is 4.74 Å². The number of likely N-dealkylation sites (N-methyl/N-ethyl adjacent to an activating group) is 1. The number of hydrogen-bond donors (Lipinski definition) is 1. The lowest BCUT2D eigenvalue weighted by Crippen LogP contribution is -2.28. The molecule has 0 aromatic heterocycles. The SMILES string of the molecule is CNCC1CN(c2ccc3ccccc3c2)C(=O)O1. The standard InChI is InChI=1S/C15H16N2O2/c1-16-9-14-10-17(15(18)19-14)13-7-6-11-4-2-3-5-12(11)8-13/h2-8,14,16H,9-10H2,1H3. The predicted molar refractivity (Wildman–Crippen MR) is 75.5 cm³/mol. The van der Waals surface area contributed by atoms with E-state index in [9.17, 15) is 4.79 Å². The van der Waals surface area contributed by atoms with Gasteiger partial charge in [0.25, 0.3) is 0 Å². The first-order chi connectivity index (χ1) is 9.28. The van der Waals surface area contributed by atoms with Crippen LogP contribution in [0.2, 0.25) is 0 Å². The van der Waals surface area contributed by atoms with Crippen molar-refractivity contribution in [2.45, 2.75) is 6.10 Å². The van der Waals surface area contributed by atoms with E-state index in [2.05, 4.69) is 11.4 Å². The average molecular weight is 256 g/mol. The molecule has 3 rings (SSSR count). The van der Waals surface area contributed by atoms with Crippen molar-refractivity contribution < 1.29 is 9.53 Å². The molecule has 1 N–H and O–H groups in total. The molecular weight excluding hydrogens is 240 g/mol. The van der Waals surface area contributed by atoms with Crippen LogP contribution in [0.3, 0.4) is 0 Å². The molecular formula is C15H16N2O2. The third-order valence-corrected chi connectivity index (χ3v) is 3.35. The lowest BCUT2D eigenvalue weighted by Gasteiger charge is -2.13. The number of nitrogens with zero attached hydrogens (tertiary/aromatic N) is 1. The summed E-state index contributed by atoms with van der Waals surface area (Å²) in [4.78, 5) is 13.6. The van der Waals surface area contributed by atoms with E-state index in [1.807, 2.05) is 43.4 Å². The Kier molecular flexibility index (Phi) is 3.09. The van der Waals surface area contributed by atoms with Gasteiger partial charge >= 0.3 is 6.09 Å². The van der Waals surface area contributed by atoms with E-state index in [4.69, 9.17) is 4.74 Å². The zero-order chi connectivity index (χ0) is 13.2. The van der Waals surface area contributed by atoms with E-state index in [0.29, 0.717) is 13.1 Å². The minimum atomic E-state index is -0.268. The number of nitrogens with one attached hydrogen (secondary N) is 1. The quantitative estimate of drug-likeness (QED) is 0.916. The molecule has 19 heavy (non-hydrogen) atoms. The first kappa shape index (κ1) is 12.0. The fourth-order valence-corrected chi connectivity index (χ4v) is 2.41. The van der Waals surface area contributed by atoms with Crippen LogP contribution < -0.4 is 10.2 Å². The third-order valence-electron chi connectivity index (χ3n) is 3.35. The lowest BCUT2D eigenvalue weighted by atomic mass is 10.1. The number of hydrogen-bond acceptors (Lipinski definition) is 3. The molecule has 1 unspecified atom stereocenters. The van der Waals surface area contributed by atoms with E-state index in [1.54, 1.807) is 4.90 Å². The van der Waals surface area contributed by atoms with Gasteiger partial charge in [-0.3, -0.25) is 4.90 Å². The number of rotatable bonds is 3. The van der Waals surface area contributed by atoms with Gasteiger partial charge in [0.05, 0.1) is 6.54 Å². The van der Waals surface area contributed by atoms with Crippen molar-refractivity contribution in [2.24, 2.45) is 0 Å². The summed E-state index contributed by atoms with van der Waals surface area (Å²) >= 11 is 0. The van der Waals surface area contributed by atoms with E-state index in [-0.39, 0.29) is 12.2 Å². The van der Waals surface area contributed by atoms with E-state index >= 15 is 0 Å². The molecule has 4 heteroatoms. The van der Waals surface area contributed by atoms with Crippen molar-refractivity contribution in [3.8, 4) is 0 Å². The van der Waals surface area contributed by atoms with Gasteiger partial charge in [-0.2, -0.15) is 0 Å². The van der Waals surface area contributed by atoms with Gasteiger partial charge in [0, 0.05) is 12.2 Å². The third kappa shape index (κ3) is 2.27. The van der Waals surface area contributed by atoms with E-state index in [1.165, 1.54) is 5.39 Å². The second-order valence-electron chi connectivity index (χ2n) is 4.71. The van der Waals surface area contributed by atoms with Gasteiger partial charge in [0.15, 0.2) is 0 Å². The summed E-state index contributed by atoms with van der Waals surface area (Å²) in [6.45, 7) is 1.27. The molecule has 1 aliphatic heterocycles. The Morgan fingerprint density at radius 3 is 2.84 bits per heavy atom. The van der Waals surface area contributed by atoms with Crippen molar-refractivity contribution in [1.82, 2.24) is 5.32 Å². The predicted octanol–water partition coefficient (Wildman–Crippen LogP) is 2.38.